The SMILES string of the molecule is CCC(C=CC(C)C1CCC2C3=CCC4CC(OC5OC(CO)C(OC6OC(CO)C(O)C(O)C6O)C(O)C5O)CCC4(C)C3CCC21C)C(C)C. The van der Waals surface area contributed by atoms with Gasteiger partial charge in [-0.25, -0.2) is 0 Å². The molecular formula is C41H68O11. The molecule has 0 aromatic rings. The van der Waals surface area contributed by atoms with Crippen molar-refractivity contribution in [2.75, 3.05) is 13.2 Å². The highest BCUT2D eigenvalue weighted by molar-refractivity contribution is 5.28. The molecule has 19 atom stereocenters. The lowest BCUT2D eigenvalue weighted by atomic mass is 9.47. The molecule has 4 aliphatic carbocycles. The highest BCUT2D eigenvalue weighted by atomic mass is 16.7. The van der Waals surface area contributed by atoms with Crippen molar-refractivity contribution < 1.29 is 54.7 Å². The lowest BCUT2D eigenvalue weighted by Crippen LogP contribution is -2.65. The van der Waals surface area contributed by atoms with Crippen molar-refractivity contribution in [1.29, 1.82) is 0 Å². The Morgan fingerprint density at radius 3 is 2.08 bits per heavy atom. The number of ether oxygens (including phenoxy) is 4. The normalized spacial score (nSPS) is 49.3. The third kappa shape index (κ3) is 7.36. The average Bonchev–Trinajstić information content (AvgIpc) is 3.48. The molecule has 11 heteroatoms. The summed E-state index contributed by atoms with van der Waals surface area (Å²) in [5, 5.41) is 72.7. The van der Waals surface area contributed by atoms with Crippen molar-refractivity contribution in [2.24, 2.45) is 52.3 Å². The second-order valence-electron chi connectivity index (χ2n) is 18.1. The summed E-state index contributed by atoms with van der Waals surface area (Å²) in [5.74, 6) is 4.23. The number of rotatable bonds is 11. The Labute approximate surface area is 310 Å². The maximum absolute atomic E-state index is 11.1. The molecule has 11 nitrogen and oxygen atoms in total. The van der Waals surface area contributed by atoms with Gasteiger partial charge in [-0.3, -0.25) is 0 Å². The number of aliphatic hydroxyl groups excluding tert-OH is 7. The van der Waals surface area contributed by atoms with Gasteiger partial charge in [-0.05, 0) is 110 Å². The van der Waals surface area contributed by atoms with E-state index in [4.69, 9.17) is 18.9 Å². The first-order valence-electron chi connectivity index (χ1n) is 20.3. The fourth-order valence-electron chi connectivity index (χ4n) is 11.6. The van der Waals surface area contributed by atoms with Crippen LogP contribution in [0.1, 0.15) is 99.3 Å². The highest BCUT2D eigenvalue weighted by Crippen LogP contribution is 2.67. The fraction of sp³-hybridized carbons (Fsp3) is 0.902. The number of aliphatic hydroxyl groups is 7. The van der Waals surface area contributed by atoms with E-state index in [0.717, 1.165) is 25.7 Å². The van der Waals surface area contributed by atoms with E-state index in [1.165, 1.54) is 32.1 Å². The second kappa shape index (κ2) is 16.3. The Balaban J connectivity index is 1.08. The predicted molar refractivity (Wildman–Crippen MR) is 193 cm³/mol. The first-order valence-corrected chi connectivity index (χ1v) is 20.3. The molecule has 0 aromatic carbocycles. The van der Waals surface area contributed by atoms with E-state index in [2.05, 4.69) is 59.8 Å². The zero-order chi connectivity index (χ0) is 37.7. The van der Waals surface area contributed by atoms with Crippen LogP contribution in [0.5, 0.6) is 0 Å². The first-order chi connectivity index (χ1) is 24.7. The first kappa shape index (κ1) is 40.7. The predicted octanol–water partition coefficient (Wildman–Crippen LogP) is 3.45. The zero-order valence-corrected chi connectivity index (χ0v) is 32.2. The fourth-order valence-corrected chi connectivity index (χ4v) is 11.6. The van der Waals surface area contributed by atoms with Gasteiger partial charge in [-0.2, -0.15) is 0 Å². The van der Waals surface area contributed by atoms with Crippen molar-refractivity contribution in [3.8, 4) is 0 Å². The van der Waals surface area contributed by atoms with E-state index in [-0.39, 0.29) is 11.5 Å². The number of hydrogen-bond donors (Lipinski definition) is 7. The van der Waals surface area contributed by atoms with Gasteiger partial charge in [0.2, 0.25) is 0 Å². The zero-order valence-electron chi connectivity index (χ0n) is 32.2. The quantitative estimate of drug-likeness (QED) is 0.155. The van der Waals surface area contributed by atoms with E-state index < -0.39 is 74.6 Å². The third-order valence-electron chi connectivity index (χ3n) is 15.0. The summed E-state index contributed by atoms with van der Waals surface area (Å²) in [6.45, 7) is 13.2. The Morgan fingerprint density at radius 2 is 1.40 bits per heavy atom. The summed E-state index contributed by atoms with van der Waals surface area (Å²) < 4.78 is 23.5. The second-order valence-corrected chi connectivity index (χ2v) is 18.1. The minimum absolute atomic E-state index is 0.171. The van der Waals surface area contributed by atoms with Crippen molar-refractivity contribution in [1.82, 2.24) is 0 Å². The topological polar surface area (TPSA) is 179 Å². The molecule has 3 saturated carbocycles. The molecule has 0 aromatic heterocycles. The van der Waals surface area contributed by atoms with Gasteiger partial charge in [0.1, 0.15) is 48.8 Å². The maximum Gasteiger partial charge on any atom is 0.187 e. The van der Waals surface area contributed by atoms with Gasteiger partial charge in [0.05, 0.1) is 19.3 Å². The Bertz CT molecular complexity index is 1250. The summed E-state index contributed by atoms with van der Waals surface area (Å²) in [6, 6.07) is 0. The van der Waals surface area contributed by atoms with Crippen LogP contribution in [0.4, 0.5) is 0 Å². The molecule has 19 unspecified atom stereocenters. The Hall–Kier alpha value is -0.960. The van der Waals surface area contributed by atoms with Crippen molar-refractivity contribution >= 4 is 0 Å². The smallest absolute Gasteiger partial charge is 0.187 e. The Morgan fingerprint density at radius 1 is 0.769 bits per heavy atom. The molecule has 2 aliphatic heterocycles. The molecule has 6 rings (SSSR count). The summed E-state index contributed by atoms with van der Waals surface area (Å²) in [7, 11) is 0. The summed E-state index contributed by atoms with van der Waals surface area (Å²) in [6.07, 6.45) is 2.75. The van der Waals surface area contributed by atoms with E-state index in [9.17, 15) is 35.7 Å². The van der Waals surface area contributed by atoms with E-state index >= 15 is 0 Å². The van der Waals surface area contributed by atoms with Crippen LogP contribution >= 0.6 is 0 Å². The average molecular weight is 737 g/mol. The maximum atomic E-state index is 11.1. The van der Waals surface area contributed by atoms with E-state index in [0.29, 0.717) is 46.8 Å². The van der Waals surface area contributed by atoms with E-state index in [1.54, 1.807) is 5.57 Å². The van der Waals surface area contributed by atoms with Gasteiger partial charge in [0.25, 0.3) is 0 Å². The third-order valence-corrected chi connectivity index (χ3v) is 15.0. The van der Waals surface area contributed by atoms with Gasteiger partial charge in [0, 0.05) is 0 Å². The van der Waals surface area contributed by atoms with Crippen molar-refractivity contribution in [3.05, 3.63) is 23.8 Å². The molecule has 0 radical (unpaired) electrons. The summed E-state index contributed by atoms with van der Waals surface area (Å²) in [5.41, 5.74) is 2.21. The molecule has 6 aliphatic rings. The Kier molecular flexibility index (Phi) is 12.7. The monoisotopic (exact) mass is 736 g/mol. The standard InChI is InChI=1S/C41H68O11/c1-7-23(21(2)3)9-8-22(4)27-12-13-28-26-11-10-24-18-25(14-16-40(24,5)29(26)15-17-41(27,28)6)49-38-36(48)34(46)37(31(20-43)51-38)52-39-35(47)33(45)32(44)30(19-42)50-39/h8-9,11,21-25,27-39,42-48H,7,10,12-20H2,1-6H3. The van der Waals surface area contributed by atoms with Crippen LogP contribution in [0.15, 0.2) is 23.8 Å². The lowest BCUT2D eigenvalue weighted by Gasteiger charge is -2.58. The summed E-state index contributed by atoms with van der Waals surface area (Å²) >= 11 is 0. The molecule has 0 amide bonds. The van der Waals surface area contributed by atoms with Crippen LogP contribution in [0.2, 0.25) is 0 Å². The van der Waals surface area contributed by atoms with Crippen molar-refractivity contribution in [3.63, 3.8) is 0 Å². The minimum atomic E-state index is -1.71. The van der Waals surface area contributed by atoms with Gasteiger partial charge < -0.3 is 54.7 Å². The van der Waals surface area contributed by atoms with Gasteiger partial charge in [-0.1, -0.05) is 65.3 Å². The number of fused-ring (bicyclic) bond motifs is 5. The number of allylic oxidation sites excluding steroid dienone is 4. The minimum Gasteiger partial charge on any atom is -0.394 e. The van der Waals surface area contributed by atoms with Crippen LogP contribution < -0.4 is 0 Å². The van der Waals surface area contributed by atoms with Crippen LogP contribution in [-0.2, 0) is 18.9 Å². The molecule has 52 heavy (non-hydrogen) atoms. The number of hydrogen-bond acceptors (Lipinski definition) is 11. The van der Waals surface area contributed by atoms with Gasteiger partial charge in [-0.15, -0.1) is 0 Å². The molecular weight excluding hydrogens is 668 g/mol. The van der Waals surface area contributed by atoms with Crippen LogP contribution in [0.25, 0.3) is 0 Å². The molecule has 298 valence electrons. The van der Waals surface area contributed by atoms with Crippen LogP contribution in [0.3, 0.4) is 0 Å². The highest BCUT2D eigenvalue weighted by Gasteiger charge is 2.59. The molecule has 7 N–H and O–H groups in total. The molecule has 0 bridgehead atoms. The van der Waals surface area contributed by atoms with Crippen LogP contribution in [0, 0.1) is 52.3 Å². The lowest BCUT2D eigenvalue weighted by molar-refractivity contribution is -0.364. The molecule has 2 heterocycles. The summed E-state index contributed by atoms with van der Waals surface area (Å²) in [4.78, 5) is 0. The van der Waals surface area contributed by atoms with Gasteiger partial charge >= 0.3 is 0 Å². The van der Waals surface area contributed by atoms with Crippen LogP contribution in [-0.4, -0.2) is 116 Å². The van der Waals surface area contributed by atoms with Crippen molar-refractivity contribution in [2.45, 2.75) is 167 Å². The van der Waals surface area contributed by atoms with Gasteiger partial charge in [0.15, 0.2) is 12.6 Å². The largest absolute Gasteiger partial charge is 0.394 e. The molecule has 0 spiro atoms. The molecule has 2 saturated heterocycles. The van der Waals surface area contributed by atoms with E-state index in [1.807, 2.05) is 0 Å². The molecule has 5 fully saturated rings.